The Morgan fingerprint density at radius 3 is 2.00 bits per heavy atom. The van der Waals surface area contributed by atoms with Crippen LogP contribution in [0.1, 0.15) is 22.7 Å². The molecule has 0 saturated carbocycles. The van der Waals surface area contributed by atoms with Gasteiger partial charge >= 0.3 is 6.18 Å². The average Bonchev–Trinajstić information content (AvgIpc) is 2.41. The van der Waals surface area contributed by atoms with Crippen molar-refractivity contribution in [1.82, 2.24) is 5.43 Å². The summed E-state index contributed by atoms with van der Waals surface area (Å²) in [6, 6.07) is 11.1. The molecule has 0 aliphatic carbocycles. The summed E-state index contributed by atoms with van der Waals surface area (Å²) >= 11 is 0. The largest absolute Gasteiger partial charge is 0.416 e. The molecule has 6 heteroatoms. The number of anilines is 1. The van der Waals surface area contributed by atoms with E-state index in [1.165, 1.54) is 18.2 Å². The van der Waals surface area contributed by atoms with E-state index < -0.39 is 17.8 Å². The first-order chi connectivity index (χ1) is 9.45. The third-order valence-corrected chi connectivity index (χ3v) is 3.05. The molecule has 0 aromatic heterocycles. The molecule has 0 amide bonds. The molecule has 2 aromatic carbocycles. The van der Waals surface area contributed by atoms with Gasteiger partial charge in [-0.3, -0.25) is 5.84 Å². The Balaban J connectivity index is 2.57. The molecule has 5 N–H and O–H groups in total. The van der Waals surface area contributed by atoms with E-state index in [0.29, 0.717) is 11.3 Å². The Kier molecular flexibility index (Phi) is 3.96. The maximum Gasteiger partial charge on any atom is 0.416 e. The van der Waals surface area contributed by atoms with Gasteiger partial charge in [0.25, 0.3) is 0 Å². The molecule has 1 unspecified atom stereocenters. The lowest BCUT2D eigenvalue weighted by molar-refractivity contribution is -0.138. The lowest BCUT2D eigenvalue weighted by Gasteiger charge is -2.22. The van der Waals surface area contributed by atoms with Gasteiger partial charge in [0, 0.05) is 5.69 Å². The predicted octanol–water partition coefficient (Wildman–Crippen LogP) is 2.84. The summed E-state index contributed by atoms with van der Waals surface area (Å²) in [6.45, 7) is 0. The molecule has 0 bridgehead atoms. The fourth-order valence-electron chi connectivity index (χ4n) is 2.13. The van der Waals surface area contributed by atoms with Crippen LogP contribution < -0.4 is 17.0 Å². The molecule has 0 heterocycles. The van der Waals surface area contributed by atoms with Gasteiger partial charge in [-0.15, -0.1) is 0 Å². The molecule has 0 saturated heterocycles. The summed E-state index contributed by atoms with van der Waals surface area (Å²) in [4.78, 5) is 0. The van der Waals surface area contributed by atoms with Crippen molar-refractivity contribution in [2.24, 2.45) is 5.84 Å². The normalized spacial score (nSPS) is 13.2. The first-order valence-corrected chi connectivity index (χ1v) is 5.92. The van der Waals surface area contributed by atoms with Crippen molar-refractivity contribution in [2.45, 2.75) is 12.2 Å². The molecule has 0 radical (unpaired) electrons. The zero-order valence-corrected chi connectivity index (χ0v) is 10.5. The quantitative estimate of drug-likeness (QED) is 0.460. The molecular weight excluding hydrogens is 267 g/mol. The number of hydrogen-bond acceptors (Lipinski definition) is 3. The Bertz CT molecular complexity index is 596. The molecule has 20 heavy (non-hydrogen) atoms. The van der Waals surface area contributed by atoms with Crippen LogP contribution in [0, 0.1) is 0 Å². The molecule has 1 atom stereocenters. The van der Waals surface area contributed by atoms with Crippen LogP contribution >= 0.6 is 0 Å². The molecule has 0 fully saturated rings. The summed E-state index contributed by atoms with van der Waals surface area (Å²) in [5, 5.41) is 0. The third kappa shape index (κ3) is 2.76. The number of nitrogens with two attached hydrogens (primary N) is 2. The van der Waals surface area contributed by atoms with Crippen LogP contribution in [0.25, 0.3) is 0 Å². The van der Waals surface area contributed by atoms with Crippen molar-refractivity contribution in [2.75, 3.05) is 5.73 Å². The number of rotatable bonds is 3. The zero-order valence-electron chi connectivity index (χ0n) is 10.5. The highest BCUT2D eigenvalue weighted by Gasteiger charge is 2.35. The molecule has 2 rings (SSSR count). The highest BCUT2D eigenvalue weighted by atomic mass is 19.4. The molecule has 0 spiro atoms. The first-order valence-electron chi connectivity index (χ1n) is 5.92. The van der Waals surface area contributed by atoms with Crippen LogP contribution in [-0.4, -0.2) is 0 Å². The van der Waals surface area contributed by atoms with Gasteiger partial charge in [0.1, 0.15) is 0 Å². The number of hydrogen-bond donors (Lipinski definition) is 3. The van der Waals surface area contributed by atoms with Crippen LogP contribution in [0.15, 0.2) is 48.5 Å². The van der Waals surface area contributed by atoms with Crippen molar-refractivity contribution in [1.29, 1.82) is 0 Å². The highest BCUT2D eigenvalue weighted by molar-refractivity contribution is 5.52. The smallest absolute Gasteiger partial charge is 0.398 e. The van der Waals surface area contributed by atoms with E-state index >= 15 is 0 Å². The van der Waals surface area contributed by atoms with Crippen molar-refractivity contribution in [3.8, 4) is 0 Å². The highest BCUT2D eigenvalue weighted by Crippen LogP contribution is 2.37. The zero-order chi connectivity index (χ0) is 14.8. The number of nitrogen functional groups attached to an aromatic ring is 1. The van der Waals surface area contributed by atoms with E-state index in [-0.39, 0.29) is 5.56 Å². The number of para-hydroxylation sites is 1. The van der Waals surface area contributed by atoms with E-state index in [4.69, 9.17) is 11.6 Å². The van der Waals surface area contributed by atoms with Gasteiger partial charge in [-0.1, -0.05) is 36.4 Å². The van der Waals surface area contributed by atoms with Gasteiger partial charge < -0.3 is 5.73 Å². The van der Waals surface area contributed by atoms with Gasteiger partial charge in [-0.25, -0.2) is 5.43 Å². The second-order valence-corrected chi connectivity index (χ2v) is 4.31. The monoisotopic (exact) mass is 281 g/mol. The lowest BCUT2D eigenvalue weighted by Crippen LogP contribution is -2.31. The van der Waals surface area contributed by atoms with E-state index in [2.05, 4.69) is 5.43 Å². The van der Waals surface area contributed by atoms with Crippen molar-refractivity contribution in [3.63, 3.8) is 0 Å². The lowest BCUT2D eigenvalue weighted by atomic mass is 9.93. The van der Waals surface area contributed by atoms with Gasteiger partial charge in [-0.2, -0.15) is 13.2 Å². The van der Waals surface area contributed by atoms with Crippen molar-refractivity contribution in [3.05, 3.63) is 65.2 Å². The van der Waals surface area contributed by atoms with Crippen molar-refractivity contribution < 1.29 is 13.2 Å². The average molecular weight is 281 g/mol. The Labute approximate surface area is 114 Å². The van der Waals surface area contributed by atoms with E-state index in [1.807, 2.05) is 0 Å². The minimum Gasteiger partial charge on any atom is -0.398 e. The molecule has 0 aliphatic heterocycles. The summed E-state index contributed by atoms with van der Waals surface area (Å²) in [6.07, 6.45) is -4.45. The number of halogens is 3. The van der Waals surface area contributed by atoms with Crippen LogP contribution in [-0.2, 0) is 6.18 Å². The standard InChI is InChI=1S/C14H14F3N3/c15-14(16,17)11-7-3-1-5-9(11)13(20-19)10-6-2-4-8-12(10)18/h1-8,13,20H,18-19H2. The molecule has 0 aliphatic rings. The fraction of sp³-hybridized carbons (Fsp3) is 0.143. The minimum atomic E-state index is -4.45. The molecule has 3 nitrogen and oxygen atoms in total. The summed E-state index contributed by atoms with van der Waals surface area (Å²) in [5.41, 5.74) is 8.42. The van der Waals surface area contributed by atoms with Gasteiger partial charge in [0.2, 0.25) is 0 Å². The number of nitrogens with one attached hydrogen (secondary N) is 1. The van der Waals surface area contributed by atoms with Gasteiger partial charge in [0.05, 0.1) is 11.6 Å². The molecular formula is C14H14F3N3. The Morgan fingerprint density at radius 1 is 0.900 bits per heavy atom. The number of benzene rings is 2. The summed E-state index contributed by atoms with van der Waals surface area (Å²) in [7, 11) is 0. The SMILES string of the molecule is NNC(c1ccccc1N)c1ccccc1C(F)(F)F. The van der Waals surface area contributed by atoms with E-state index in [0.717, 1.165) is 6.07 Å². The number of hydrazine groups is 1. The third-order valence-electron chi connectivity index (χ3n) is 3.05. The maximum absolute atomic E-state index is 13.1. The summed E-state index contributed by atoms with van der Waals surface area (Å²) in [5.74, 6) is 5.44. The Morgan fingerprint density at radius 2 is 1.45 bits per heavy atom. The Hall–Kier alpha value is -2.05. The van der Waals surface area contributed by atoms with Gasteiger partial charge in [0.15, 0.2) is 0 Å². The number of alkyl halides is 3. The van der Waals surface area contributed by atoms with Crippen molar-refractivity contribution >= 4 is 5.69 Å². The van der Waals surface area contributed by atoms with Crippen LogP contribution in [0.2, 0.25) is 0 Å². The van der Waals surface area contributed by atoms with Crippen LogP contribution in [0.5, 0.6) is 0 Å². The topological polar surface area (TPSA) is 64.1 Å². The second kappa shape index (κ2) is 5.52. The van der Waals surface area contributed by atoms with E-state index in [1.54, 1.807) is 24.3 Å². The predicted molar refractivity (Wildman–Crippen MR) is 71.5 cm³/mol. The van der Waals surface area contributed by atoms with Gasteiger partial charge in [-0.05, 0) is 23.3 Å². The fourth-order valence-corrected chi connectivity index (χ4v) is 2.13. The van der Waals surface area contributed by atoms with Crippen LogP contribution in [0.3, 0.4) is 0 Å². The molecule has 106 valence electrons. The second-order valence-electron chi connectivity index (χ2n) is 4.31. The molecule has 2 aromatic rings. The maximum atomic E-state index is 13.1. The van der Waals surface area contributed by atoms with E-state index in [9.17, 15) is 13.2 Å². The first kappa shape index (κ1) is 14.4. The minimum absolute atomic E-state index is 0.0420. The van der Waals surface area contributed by atoms with Crippen LogP contribution in [0.4, 0.5) is 18.9 Å². The summed E-state index contributed by atoms with van der Waals surface area (Å²) < 4.78 is 39.2.